The number of nitrogens with one attached hydrogen (secondary N) is 1. The predicted octanol–water partition coefficient (Wildman–Crippen LogP) is 3.45. The lowest BCUT2D eigenvalue weighted by Crippen LogP contribution is -2.36. The van der Waals surface area contributed by atoms with Gasteiger partial charge in [-0.15, -0.1) is 0 Å². The fourth-order valence-corrected chi connectivity index (χ4v) is 3.46. The molecule has 1 atom stereocenters. The number of carbonyl (C=O) groups is 1. The normalized spacial score (nSPS) is 21.7. The molecule has 126 valence electrons. The molecule has 1 N–H and O–H groups in total. The Hall–Kier alpha value is -1.55. The molecule has 23 heavy (non-hydrogen) atoms. The van der Waals surface area contributed by atoms with Crippen molar-refractivity contribution in [1.29, 1.82) is 0 Å². The number of hydrogen-bond acceptors (Lipinski definition) is 3. The minimum Gasteiger partial charge on any atom is -0.444 e. The van der Waals surface area contributed by atoms with Gasteiger partial charge < -0.3 is 15.0 Å². The number of fused-ring (bicyclic) bond motifs is 1. The third kappa shape index (κ3) is 4.05. The molecule has 1 saturated heterocycles. The first-order valence-corrected chi connectivity index (χ1v) is 8.73. The quantitative estimate of drug-likeness (QED) is 0.863. The van der Waals surface area contributed by atoms with Crippen LogP contribution in [0.1, 0.15) is 56.2 Å². The summed E-state index contributed by atoms with van der Waals surface area (Å²) in [5, 5.41) is 3.43. The molecule has 2 aliphatic rings. The summed E-state index contributed by atoms with van der Waals surface area (Å²) in [5.74, 6) is 0.610. The van der Waals surface area contributed by atoms with Crippen molar-refractivity contribution in [3.8, 4) is 0 Å². The molecule has 2 heterocycles. The maximum atomic E-state index is 12.4. The van der Waals surface area contributed by atoms with Crippen molar-refractivity contribution in [2.75, 3.05) is 19.6 Å². The van der Waals surface area contributed by atoms with Crippen LogP contribution in [-0.2, 0) is 17.7 Å². The Morgan fingerprint density at radius 1 is 1.30 bits per heavy atom. The summed E-state index contributed by atoms with van der Waals surface area (Å²) < 4.78 is 5.55. The van der Waals surface area contributed by atoms with Crippen LogP contribution in [0.4, 0.5) is 4.79 Å². The molecule has 0 saturated carbocycles. The lowest BCUT2D eigenvalue weighted by Gasteiger charge is -2.26. The van der Waals surface area contributed by atoms with E-state index in [1.807, 2.05) is 25.7 Å². The number of rotatable bonds is 1. The van der Waals surface area contributed by atoms with Crippen molar-refractivity contribution in [3.05, 3.63) is 34.9 Å². The second kappa shape index (κ2) is 6.52. The zero-order valence-electron chi connectivity index (χ0n) is 14.5. The molecule has 0 spiro atoms. The van der Waals surface area contributed by atoms with E-state index >= 15 is 0 Å². The number of amides is 1. The molecule has 1 aromatic carbocycles. The van der Waals surface area contributed by atoms with Crippen molar-refractivity contribution in [3.63, 3.8) is 0 Å². The fraction of sp³-hybridized carbons (Fsp3) is 0.632. The lowest BCUT2D eigenvalue weighted by atomic mass is 9.93. The molecule has 3 rings (SSSR count). The van der Waals surface area contributed by atoms with E-state index < -0.39 is 5.60 Å². The standard InChI is InChI=1S/C19H28N2O2/c1-19(2,3)23-18(22)21-10-4-5-14-6-7-15(11-17(14)13-21)16-8-9-20-12-16/h6-7,11,16,20H,4-5,8-10,12-13H2,1-3H3. The molecule has 0 radical (unpaired) electrons. The highest BCUT2D eigenvalue weighted by molar-refractivity contribution is 5.68. The van der Waals surface area contributed by atoms with Crippen molar-refractivity contribution >= 4 is 6.09 Å². The van der Waals surface area contributed by atoms with Gasteiger partial charge in [-0.05, 0) is 69.2 Å². The molecular formula is C19H28N2O2. The van der Waals surface area contributed by atoms with Gasteiger partial charge in [0, 0.05) is 19.6 Å². The molecule has 0 aliphatic carbocycles. The van der Waals surface area contributed by atoms with Crippen LogP contribution in [0.15, 0.2) is 18.2 Å². The predicted molar refractivity (Wildman–Crippen MR) is 91.6 cm³/mol. The summed E-state index contributed by atoms with van der Waals surface area (Å²) >= 11 is 0. The highest BCUT2D eigenvalue weighted by atomic mass is 16.6. The molecule has 1 aromatic rings. The van der Waals surface area contributed by atoms with Crippen LogP contribution in [-0.4, -0.2) is 36.2 Å². The number of hydrogen-bond donors (Lipinski definition) is 1. The molecule has 1 unspecified atom stereocenters. The van der Waals surface area contributed by atoms with E-state index in [2.05, 4.69) is 23.5 Å². The highest BCUT2D eigenvalue weighted by Gasteiger charge is 2.25. The van der Waals surface area contributed by atoms with Gasteiger partial charge in [0.15, 0.2) is 0 Å². The van der Waals surface area contributed by atoms with E-state index in [4.69, 9.17) is 4.74 Å². The molecule has 4 heteroatoms. The summed E-state index contributed by atoms with van der Waals surface area (Å²) in [7, 11) is 0. The molecule has 0 aromatic heterocycles. The number of ether oxygens (including phenoxy) is 1. The van der Waals surface area contributed by atoms with Crippen molar-refractivity contribution < 1.29 is 9.53 Å². The molecule has 1 fully saturated rings. The first kappa shape index (κ1) is 16.3. The Bertz CT molecular complexity index is 571. The van der Waals surface area contributed by atoms with Gasteiger partial charge in [0.1, 0.15) is 5.60 Å². The Morgan fingerprint density at radius 3 is 2.83 bits per heavy atom. The zero-order valence-corrected chi connectivity index (χ0v) is 14.5. The highest BCUT2D eigenvalue weighted by Crippen LogP contribution is 2.27. The summed E-state index contributed by atoms with van der Waals surface area (Å²) in [6.07, 6.45) is 3.04. The SMILES string of the molecule is CC(C)(C)OC(=O)N1CCCc2ccc(C3CCNC3)cc2C1. The van der Waals surface area contributed by atoms with Gasteiger partial charge >= 0.3 is 6.09 Å². The van der Waals surface area contributed by atoms with Crippen LogP contribution >= 0.6 is 0 Å². The smallest absolute Gasteiger partial charge is 0.410 e. The minimum atomic E-state index is -0.441. The van der Waals surface area contributed by atoms with Gasteiger partial charge in [0.25, 0.3) is 0 Å². The van der Waals surface area contributed by atoms with E-state index in [-0.39, 0.29) is 6.09 Å². The maximum absolute atomic E-state index is 12.4. The Balaban J connectivity index is 1.77. The number of nitrogens with zero attached hydrogens (tertiary/aromatic N) is 1. The summed E-state index contributed by atoms with van der Waals surface area (Å²) in [6.45, 7) is 9.36. The van der Waals surface area contributed by atoms with Crippen LogP contribution in [0.5, 0.6) is 0 Å². The van der Waals surface area contributed by atoms with Gasteiger partial charge in [-0.3, -0.25) is 0 Å². The molecule has 0 bridgehead atoms. The summed E-state index contributed by atoms with van der Waals surface area (Å²) in [4.78, 5) is 14.3. The van der Waals surface area contributed by atoms with Crippen LogP contribution in [0.2, 0.25) is 0 Å². The van der Waals surface area contributed by atoms with E-state index in [0.29, 0.717) is 12.5 Å². The average molecular weight is 316 g/mol. The Kier molecular flexibility index (Phi) is 4.62. The summed E-state index contributed by atoms with van der Waals surface area (Å²) in [5.41, 5.74) is 3.63. The number of aryl methyl sites for hydroxylation is 1. The van der Waals surface area contributed by atoms with E-state index in [9.17, 15) is 4.79 Å². The monoisotopic (exact) mass is 316 g/mol. The number of carbonyl (C=O) groups excluding carboxylic acids is 1. The van der Waals surface area contributed by atoms with Crippen molar-refractivity contribution in [2.45, 2.75) is 58.1 Å². The van der Waals surface area contributed by atoms with Gasteiger partial charge in [-0.1, -0.05) is 18.2 Å². The van der Waals surface area contributed by atoms with E-state index in [1.54, 1.807) is 0 Å². The van der Waals surface area contributed by atoms with Gasteiger partial charge in [0.2, 0.25) is 0 Å². The van der Waals surface area contributed by atoms with Crippen molar-refractivity contribution in [2.24, 2.45) is 0 Å². The van der Waals surface area contributed by atoms with Crippen LogP contribution in [0, 0.1) is 0 Å². The topological polar surface area (TPSA) is 41.6 Å². The summed E-state index contributed by atoms with van der Waals surface area (Å²) in [6, 6.07) is 6.86. The third-order valence-electron chi connectivity index (χ3n) is 4.65. The lowest BCUT2D eigenvalue weighted by molar-refractivity contribution is 0.0237. The zero-order chi connectivity index (χ0) is 16.4. The fourth-order valence-electron chi connectivity index (χ4n) is 3.46. The third-order valence-corrected chi connectivity index (χ3v) is 4.65. The second-order valence-corrected chi connectivity index (χ2v) is 7.72. The van der Waals surface area contributed by atoms with Gasteiger partial charge in [-0.25, -0.2) is 4.79 Å². The Morgan fingerprint density at radius 2 is 2.13 bits per heavy atom. The van der Waals surface area contributed by atoms with Gasteiger partial charge in [-0.2, -0.15) is 0 Å². The average Bonchev–Trinajstić information content (AvgIpc) is 2.91. The molecular weight excluding hydrogens is 288 g/mol. The first-order valence-electron chi connectivity index (χ1n) is 8.73. The van der Waals surface area contributed by atoms with Crippen LogP contribution in [0.25, 0.3) is 0 Å². The first-order chi connectivity index (χ1) is 10.9. The van der Waals surface area contributed by atoms with Gasteiger partial charge in [0.05, 0.1) is 0 Å². The number of benzene rings is 1. The van der Waals surface area contributed by atoms with Crippen LogP contribution in [0.3, 0.4) is 0 Å². The van der Waals surface area contributed by atoms with E-state index in [0.717, 1.165) is 32.5 Å². The Labute approximate surface area is 139 Å². The molecule has 2 aliphatic heterocycles. The van der Waals surface area contributed by atoms with E-state index in [1.165, 1.54) is 23.1 Å². The van der Waals surface area contributed by atoms with Crippen molar-refractivity contribution in [1.82, 2.24) is 10.2 Å². The minimum absolute atomic E-state index is 0.196. The molecule has 4 nitrogen and oxygen atoms in total. The largest absolute Gasteiger partial charge is 0.444 e. The second-order valence-electron chi connectivity index (χ2n) is 7.72. The van der Waals surface area contributed by atoms with Crippen LogP contribution < -0.4 is 5.32 Å². The maximum Gasteiger partial charge on any atom is 0.410 e. The molecule has 1 amide bonds.